The fourth-order valence-electron chi connectivity index (χ4n) is 4.31. The third-order valence-electron chi connectivity index (χ3n) is 6.15. The average molecular weight is 503 g/mol. The van der Waals surface area contributed by atoms with Crippen LogP contribution in [-0.4, -0.2) is 52.3 Å². The minimum absolute atomic E-state index is 0.0703. The molecule has 1 aliphatic heterocycles. The number of nitrogens with zero attached hydrogens (tertiary/aromatic N) is 3. The first-order valence-electron chi connectivity index (χ1n) is 11.0. The number of aliphatic hydroxyl groups is 1. The summed E-state index contributed by atoms with van der Waals surface area (Å²) in [5, 5.41) is 10.2. The van der Waals surface area contributed by atoms with Crippen molar-refractivity contribution in [2.75, 3.05) is 24.2 Å². The lowest BCUT2D eigenvalue weighted by Crippen LogP contribution is -2.55. The van der Waals surface area contributed by atoms with E-state index in [1.165, 1.54) is 6.07 Å². The number of piperidine rings is 1. The number of ketones is 1. The highest BCUT2D eigenvalue weighted by atomic mass is 32.2. The second-order valence-corrected chi connectivity index (χ2v) is 9.51. The zero-order valence-electron chi connectivity index (χ0n) is 19.2. The van der Waals surface area contributed by atoms with Gasteiger partial charge in [-0.3, -0.25) is 9.78 Å². The van der Waals surface area contributed by atoms with E-state index in [0.717, 1.165) is 35.6 Å². The largest absolute Gasteiger partial charge is 0.391 e. The van der Waals surface area contributed by atoms with E-state index in [4.69, 9.17) is 5.73 Å². The standard InChI is InChI=1S/C25H25F3N4O2S/c1-13-11-32(12-19(29)25(13)34)21-5-6-30-10-14(21)7-22(33)20-4-3-16(26)24(31-20)23-17(27)8-15(35-2)9-18(23)28/h3-6,8-10,13,19,25,34H,7,11-12,29H2,1-2H3/t13-,19+,25+/m0/s1. The number of thioether (sulfide) groups is 1. The number of hydrogen-bond acceptors (Lipinski definition) is 7. The molecule has 0 bridgehead atoms. The number of nitrogens with two attached hydrogens (primary N) is 1. The highest BCUT2D eigenvalue weighted by molar-refractivity contribution is 7.98. The maximum atomic E-state index is 14.6. The van der Waals surface area contributed by atoms with Crippen molar-refractivity contribution < 1.29 is 23.1 Å². The van der Waals surface area contributed by atoms with E-state index in [0.29, 0.717) is 23.5 Å². The van der Waals surface area contributed by atoms with Crippen LogP contribution < -0.4 is 10.6 Å². The molecule has 3 aromatic rings. The number of benzene rings is 1. The monoisotopic (exact) mass is 502 g/mol. The quantitative estimate of drug-likeness (QED) is 0.391. The summed E-state index contributed by atoms with van der Waals surface area (Å²) in [6.07, 6.45) is 4.09. The Bertz CT molecular complexity index is 1220. The molecule has 0 amide bonds. The molecule has 6 nitrogen and oxygen atoms in total. The van der Waals surface area contributed by atoms with Gasteiger partial charge in [-0.15, -0.1) is 11.8 Å². The summed E-state index contributed by atoms with van der Waals surface area (Å²) in [6.45, 7) is 2.85. The van der Waals surface area contributed by atoms with Crippen LogP contribution >= 0.6 is 11.8 Å². The summed E-state index contributed by atoms with van der Waals surface area (Å²) in [5.41, 5.74) is 6.13. The maximum absolute atomic E-state index is 14.6. The molecule has 2 aromatic heterocycles. The summed E-state index contributed by atoms with van der Waals surface area (Å²) in [7, 11) is 0. The van der Waals surface area contributed by atoms with E-state index in [1.54, 1.807) is 24.7 Å². The Morgan fingerprint density at radius 3 is 2.54 bits per heavy atom. The molecule has 0 radical (unpaired) electrons. The molecule has 0 unspecified atom stereocenters. The van der Waals surface area contributed by atoms with Crippen LogP contribution in [0, 0.1) is 23.4 Å². The molecule has 184 valence electrons. The van der Waals surface area contributed by atoms with Gasteiger partial charge in [0.15, 0.2) is 5.78 Å². The van der Waals surface area contributed by atoms with Gasteiger partial charge in [0, 0.05) is 60.0 Å². The minimum atomic E-state index is -0.961. The Morgan fingerprint density at radius 1 is 1.17 bits per heavy atom. The number of pyridine rings is 2. The lowest BCUT2D eigenvalue weighted by Gasteiger charge is -2.40. The summed E-state index contributed by atoms with van der Waals surface area (Å²) >= 11 is 1.15. The molecule has 3 heterocycles. The smallest absolute Gasteiger partial charge is 0.185 e. The SMILES string of the molecule is CSc1cc(F)c(-c2nc(C(=O)Cc3cnccc3N3C[C@@H](N)[C@H](O)[C@@H](C)C3)ccc2F)c(F)c1. The zero-order valence-corrected chi connectivity index (χ0v) is 20.0. The average Bonchev–Trinajstić information content (AvgIpc) is 2.83. The summed E-state index contributed by atoms with van der Waals surface area (Å²) in [6, 6.07) is 5.69. The Morgan fingerprint density at radius 2 is 1.89 bits per heavy atom. The first-order valence-corrected chi connectivity index (χ1v) is 12.3. The van der Waals surface area contributed by atoms with Gasteiger partial charge >= 0.3 is 0 Å². The van der Waals surface area contributed by atoms with E-state index in [9.17, 15) is 23.1 Å². The normalized spacial score (nSPS) is 20.2. The molecule has 1 aliphatic rings. The summed E-state index contributed by atoms with van der Waals surface area (Å²) in [5.74, 6) is -3.39. The van der Waals surface area contributed by atoms with Crippen molar-refractivity contribution in [3.8, 4) is 11.3 Å². The van der Waals surface area contributed by atoms with E-state index in [-0.39, 0.29) is 18.0 Å². The van der Waals surface area contributed by atoms with Crippen molar-refractivity contribution in [1.29, 1.82) is 0 Å². The molecule has 35 heavy (non-hydrogen) atoms. The van der Waals surface area contributed by atoms with Gasteiger partial charge in [0.05, 0.1) is 11.7 Å². The second kappa shape index (κ2) is 10.3. The Hall–Kier alpha value is -2.95. The molecule has 0 saturated carbocycles. The van der Waals surface area contributed by atoms with Crippen LogP contribution in [0.4, 0.5) is 18.9 Å². The highest BCUT2D eigenvalue weighted by Gasteiger charge is 2.32. The third-order valence-corrected chi connectivity index (χ3v) is 6.86. The van der Waals surface area contributed by atoms with Crippen molar-refractivity contribution >= 4 is 23.2 Å². The molecule has 1 saturated heterocycles. The van der Waals surface area contributed by atoms with Crippen LogP contribution in [0.5, 0.6) is 0 Å². The number of aromatic nitrogens is 2. The van der Waals surface area contributed by atoms with Gasteiger partial charge in [0.1, 0.15) is 28.8 Å². The lowest BCUT2D eigenvalue weighted by atomic mass is 9.92. The van der Waals surface area contributed by atoms with Crippen molar-refractivity contribution in [1.82, 2.24) is 9.97 Å². The van der Waals surface area contributed by atoms with Crippen molar-refractivity contribution in [3.05, 3.63) is 71.4 Å². The van der Waals surface area contributed by atoms with Gasteiger partial charge in [0.25, 0.3) is 0 Å². The topological polar surface area (TPSA) is 92.3 Å². The molecule has 10 heteroatoms. The highest BCUT2D eigenvalue weighted by Crippen LogP contribution is 2.31. The van der Waals surface area contributed by atoms with Crippen molar-refractivity contribution in [3.63, 3.8) is 0 Å². The Labute approximate surface area is 205 Å². The third kappa shape index (κ3) is 5.19. The van der Waals surface area contributed by atoms with Crippen LogP contribution in [0.1, 0.15) is 23.0 Å². The zero-order chi connectivity index (χ0) is 25.3. The van der Waals surface area contributed by atoms with E-state index in [1.807, 2.05) is 11.8 Å². The van der Waals surface area contributed by atoms with Gasteiger partial charge in [0.2, 0.25) is 0 Å². The van der Waals surface area contributed by atoms with Crippen LogP contribution in [0.2, 0.25) is 0 Å². The van der Waals surface area contributed by atoms with Gasteiger partial charge < -0.3 is 15.7 Å². The number of Topliss-reactive ketones (excluding diaryl/α,β-unsaturated/α-hetero) is 1. The number of halogens is 3. The fourth-order valence-corrected chi connectivity index (χ4v) is 4.75. The van der Waals surface area contributed by atoms with E-state index < -0.39 is 46.6 Å². The number of hydrogen-bond donors (Lipinski definition) is 2. The number of carbonyl (C=O) groups excluding carboxylic acids is 1. The van der Waals surface area contributed by atoms with E-state index in [2.05, 4.69) is 9.97 Å². The fraction of sp³-hybridized carbons (Fsp3) is 0.320. The number of anilines is 1. The summed E-state index contributed by atoms with van der Waals surface area (Å²) in [4.78, 5) is 23.6. The molecule has 4 rings (SSSR count). The molecule has 1 fully saturated rings. The van der Waals surface area contributed by atoms with Crippen LogP contribution in [0.3, 0.4) is 0 Å². The lowest BCUT2D eigenvalue weighted by molar-refractivity contribution is 0.0784. The van der Waals surface area contributed by atoms with Gasteiger partial charge in [-0.2, -0.15) is 0 Å². The van der Waals surface area contributed by atoms with Crippen LogP contribution in [0.15, 0.2) is 47.6 Å². The van der Waals surface area contributed by atoms with Crippen molar-refractivity contribution in [2.45, 2.75) is 30.4 Å². The number of carbonyl (C=O) groups is 1. The first-order chi connectivity index (χ1) is 16.7. The van der Waals surface area contributed by atoms with Gasteiger partial charge in [-0.05, 0) is 36.6 Å². The molecule has 3 N–H and O–H groups in total. The molecular formula is C25H25F3N4O2S. The molecule has 1 aromatic carbocycles. The summed E-state index contributed by atoms with van der Waals surface area (Å²) < 4.78 is 43.8. The number of aliphatic hydroxyl groups excluding tert-OH is 1. The van der Waals surface area contributed by atoms with Gasteiger partial charge in [-0.25, -0.2) is 18.2 Å². The van der Waals surface area contributed by atoms with Crippen LogP contribution in [0.25, 0.3) is 11.3 Å². The van der Waals surface area contributed by atoms with E-state index >= 15 is 0 Å². The molecule has 0 spiro atoms. The predicted octanol–water partition coefficient (Wildman–Crippen LogP) is 3.85. The maximum Gasteiger partial charge on any atom is 0.185 e. The Balaban J connectivity index is 1.64. The molecular weight excluding hydrogens is 477 g/mol. The number of rotatable bonds is 6. The minimum Gasteiger partial charge on any atom is -0.391 e. The Kier molecular flexibility index (Phi) is 7.44. The van der Waals surface area contributed by atoms with Crippen molar-refractivity contribution in [2.24, 2.45) is 11.7 Å². The predicted molar refractivity (Wildman–Crippen MR) is 129 cm³/mol. The molecule has 0 aliphatic carbocycles. The van der Waals surface area contributed by atoms with Crippen LogP contribution in [-0.2, 0) is 6.42 Å². The second-order valence-electron chi connectivity index (χ2n) is 8.63. The molecule has 3 atom stereocenters. The first kappa shape index (κ1) is 25.2. The van der Waals surface area contributed by atoms with Gasteiger partial charge in [-0.1, -0.05) is 6.92 Å².